The number of aromatic nitrogens is 2. The van der Waals surface area contributed by atoms with E-state index in [2.05, 4.69) is 10.4 Å². The van der Waals surface area contributed by atoms with Crippen LogP contribution in [0.25, 0.3) is 0 Å². The van der Waals surface area contributed by atoms with Crippen molar-refractivity contribution in [2.45, 2.75) is 19.5 Å². The minimum absolute atomic E-state index is 0.0273. The second-order valence-electron chi connectivity index (χ2n) is 3.20. The van der Waals surface area contributed by atoms with Gasteiger partial charge < -0.3 is 5.32 Å². The molecule has 0 fully saturated rings. The topological polar surface area (TPSA) is 70.7 Å². The zero-order valence-corrected chi connectivity index (χ0v) is 7.66. The minimum atomic E-state index is -0.200. The molecule has 0 saturated heterocycles. The summed E-state index contributed by atoms with van der Waals surface area (Å²) >= 11 is 0. The van der Waals surface area contributed by atoms with Gasteiger partial charge in [-0.05, 0) is 5.56 Å². The maximum atomic E-state index is 11.4. The molecule has 0 atom stereocenters. The first-order valence-corrected chi connectivity index (χ1v) is 4.49. The van der Waals surface area contributed by atoms with E-state index in [0.29, 0.717) is 6.54 Å². The van der Waals surface area contributed by atoms with E-state index in [9.17, 15) is 4.79 Å². The van der Waals surface area contributed by atoms with Crippen LogP contribution in [0.15, 0.2) is 10.9 Å². The highest BCUT2D eigenvalue weighted by molar-refractivity contribution is 5.20. The molecule has 0 radical (unpaired) electrons. The molecule has 0 saturated carbocycles. The van der Waals surface area contributed by atoms with E-state index in [0.717, 1.165) is 24.2 Å². The van der Waals surface area contributed by atoms with Gasteiger partial charge in [0.2, 0.25) is 0 Å². The van der Waals surface area contributed by atoms with Gasteiger partial charge in [-0.25, -0.2) is 4.68 Å². The molecule has 2 rings (SSSR count). The quantitative estimate of drug-likeness (QED) is 0.642. The maximum absolute atomic E-state index is 11.4. The lowest BCUT2D eigenvalue weighted by atomic mass is 10.1. The largest absolute Gasteiger partial charge is 0.312 e. The predicted molar refractivity (Wildman–Crippen MR) is 49.5 cm³/mol. The molecule has 72 valence electrons. The van der Waals surface area contributed by atoms with Crippen molar-refractivity contribution in [3.63, 3.8) is 0 Å². The first-order chi connectivity index (χ1) is 6.81. The number of rotatable bonds is 1. The average molecular weight is 190 g/mol. The highest BCUT2D eigenvalue weighted by Gasteiger charge is 2.12. The fourth-order valence-electron chi connectivity index (χ4n) is 1.54. The Morgan fingerprint density at radius 1 is 1.71 bits per heavy atom. The number of nitrogens with zero attached hydrogens (tertiary/aromatic N) is 3. The van der Waals surface area contributed by atoms with Crippen LogP contribution < -0.4 is 10.9 Å². The van der Waals surface area contributed by atoms with Crippen molar-refractivity contribution in [2.24, 2.45) is 0 Å². The number of hydrogen-bond acceptors (Lipinski definition) is 4. The van der Waals surface area contributed by atoms with Gasteiger partial charge in [0.15, 0.2) is 0 Å². The van der Waals surface area contributed by atoms with E-state index in [1.807, 2.05) is 6.07 Å². The number of fused-ring (bicyclic) bond motifs is 1. The van der Waals surface area contributed by atoms with Crippen LogP contribution in [0.3, 0.4) is 0 Å². The number of hydrogen-bond donors (Lipinski definition) is 1. The Labute approximate surface area is 81.0 Å². The summed E-state index contributed by atoms with van der Waals surface area (Å²) in [6, 6.07) is 3.48. The van der Waals surface area contributed by atoms with Crippen molar-refractivity contribution in [1.82, 2.24) is 15.1 Å². The summed E-state index contributed by atoms with van der Waals surface area (Å²) in [5.41, 5.74) is 1.68. The predicted octanol–water partition coefficient (Wildman–Crippen LogP) is -0.587. The minimum Gasteiger partial charge on any atom is -0.312 e. The molecule has 0 aromatic carbocycles. The molecule has 1 aliphatic heterocycles. The summed E-state index contributed by atoms with van der Waals surface area (Å²) in [6.45, 7) is 1.61. The molecule has 0 spiro atoms. The molecule has 0 amide bonds. The Hall–Kier alpha value is -1.67. The Morgan fingerprint density at radius 3 is 3.36 bits per heavy atom. The van der Waals surface area contributed by atoms with Crippen molar-refractivity contribution in [3.8, 4) is 6.07 Å². The Bertz CT molecular complexity index is 443. The van der Waals surface area contributed by atoms with Crippen LogP contribution in [0.5, 0.6) is 0 Å². The van der Waals surface area contributed by atoms with Gasteiger partial charge in [-0.15, -0.1) is 0 Å². The fraction of sp³-hybridized carbons (Fsp3) is 0.444. The van der Waals surface area contributed by atoms with Crippen LogP contribution in [0.2, 0.25) is 0 Å². The van der Waals surface area contributed by atoms with E-state index in [-0.39, 0.29) is 12.1 Å². The summed E-state index contributed by atoms with van der Waals surface area (Å²) < 4.78 is 1.21. The fourth-order valence-corrected chi connectivity index (χ4v) is 1.54. The van der Waals surface area contributed by atoms with E-state index in [4.69, 9.17) is 5.26 Å². The molecule has 1 aromatic rings. The van der Waals surface area contributed by atoms with Gasteiger partial charge >= 0.3 is 0 Å². The SMILES string of the molecule is N#CCn1nc2c(cc1=O)CNCC2. The molecule has 5 nitrogen and oxygen atoms in total. The third-order valence-electron chi connectivity index (χ3n) is 2.24. The average Bonchev–Trinajstić information content (AvgIpc) is 2.19. The molecule has 0 unspecified atom stereocenters. The van der Waals surface area contributed by atoms with Crippen molar-refractivity contribution < 1.29 is 0 Å². The second-order valence-corrected chi connectivity index (χ2v) is 3.20. The lowest BCUT2D eigenvalue weighted by molar-refractivity contribution is 0.569. The first kappa shape index (κ1) is 8.91. The smallest absolute Gasteiger partial charge is 0.268 e. The van der Waals surface area contributed by atoms with Gasteiger partial charge in [-0.3, -0.25) is 4.79 Å². The van der Waals surface area contributed by atoms with Gasteiger partial charge in [-0.2, -0.15) is 10.4 Å². The summed E-state index contributed by atoms with van der Waals surface area (Å²) in [5.74, 6) is 0. The van der Waals surface area contributed by atoms with E-state index >= 15 is 0 Å². The molecule has 14 heavy (non-hydrogen) atoms. The van der Waals surface area contributed by atoms with E-state index in [1.54, 1.807) is 6.07 Å². The molecule has 0 aliphatic carbocycles. The van der Waals surface area contributed by atoms with Gasteiger partial charge in [0.25, 0.3) is 5.56 Å². The van der Waals surface area contributed by atoms with E-state index in [1.165, 1.54) is 4.68 Å². The van der Waals surface area contributed by atoms with Gasteiger partial charge in [-0.1, -0.05) is 0 Å². The molecule has 2 heterocycles. The van der Waals surface area contributed by atoms with E-state index < -0.39 is 0 Å². The lowest BCUT2D eigenvalue weighted by Crippen LogP contribution is -2.31. The maximum Gasteiger partial charge on any atom is 0.268 e. The molecule has 1 N–H and O–H groups in total. The molecule has 5 heteroatoms. The van der Waals surface area contributed by atoms with Crippen LogP contribution in [0, 0.1) is 11.3 Å². The molecule has 0 bridgehead atoms. The van der Waals surface area contributed by atoms with Gasteiger partial charge in [0, 0.05) is 25.6 Å². The van der Waals surface area contributed by atoms with Gasteiger partial charge in [0.05, 0.1) is 11.8 Å². The van der Waals surface area contributed by atoms with Crippen molar-refractivity contribution in [3.05, 3.63) is 27.7 Å². The standard InChI is InChI=1S/C9H10N4O/c10-2-4-13-9(14)5-7-6-11-3-1-8(7)12-13/h5,11H,1,3-4,6H2. The molecule has 1 aromatic heterocycles. The summed E-state index contributed by atoms with van der Waals surface area (Å²) in [5, 5.41) is 15.8. The lowest BCUT2D eigenvalue weighted by Gasteiger charge is -2.15. The molecule has 1 aliphatic rings. The molecular weight excluding hydrogens is 180 g/mol. The first-order valence-electron chi connectivity index (χ1n) is 4.49. The zero-order valence-electron chi connectivity index (χ0n) is 7.66. The van der Waals surface area contributed by atoms with Crippen molar-refractivity contribution in [1.29, 1.82) is 5.26 Å². The molecular formula is C9H10N4O. The monoisotopic (exact) mass is 190 g/mol. The number of nitriles is 1. The Balaban J connectivity index is 2.47. The normalized spacial score (nSPS) is 14.5. The third kappa shape index (κ3) is 1.52. The summed E-state index contributed by atoms with van der Waals surface area (Å²) in [4.78, 5) is 11.4. The highest BCUT2D eigenvalue weighted by Crippen LogP contribution is 2.07. The number of nitrogens with one attached hydrogen (secondary N) is 1. The Morgan fingerprint density at radius 2 is 2.57 bits per heavy atom. The Kier molecular flexibility index (Phi) is 2.29. The zero-order chi connectivity index (χ0) is 9.97. The van der Waals surface area contributed by atoms with Crippen LogP contribution >= 0.6 is 0 Å². The summed E-state index contributed by atoms with van der Waals surface area (Å²) in [6.07, 6.45) is 0.820. The van der Waals surface area contributed by atoms with Crippen LogP contribution in [-0.2, 0) is 19.5 Å². The van der Waals surface area contributed by atoms with Crippen LogP contribution in [-0.4, -0.2) is 16.3 Å². The van der Waals surface area contributed by atoms with Crippen LogP contribution in [0.1, 0.15) is 11.3 Å². The highest BCUT2D eigenvalue weighted by atomic mass is 16.1. The summed E-state index contributed by atoms with van der Waals surface area (Å²) in [7, 11) is 0. The second kappa shape index (κ2) is 3.60. The van der Waals surface area contributed by atoms with Crippen molar-refractivity contribution >= 4 is 0 Å². The third-order valence-corrected chi connectivity index (χ3v) is 2.24. The van der Waals surface area contributed by atoms with Crippen LogP contribution in [0.4, 0.5) is 0 Å². The van der Waals surface area contributed by atoms with Gasteiger partial charge in [0.1, 0.15) is 6.54 Å². The van der Waals surface area contributed by atoms with Crippen molar-refractivity contribution in [2.75, 3.05) is 6.54 Å².